The Labute approximate surface area is 149 Å². The maximum atomic E-state index is 12.1. The van der Waals surface area contributed by atoms with Crippen LogP contribution in [0.3, 0.4) is 0 Å². The molecule has 0 atom stereocenters. The van der Waals surface area contributed by atoms with Crippen LogP contribution in [0, 0.1) is 24.0 Å². The lowest BCUT2D eigenvalue weighted by atomic mass is 10.1. The summed E-state index contributed by atoms with van der Waals surface area (Å²) in [5.41, 5.74) is 1.41. The first-order valence-electron chi connectivity index (χ1n) is 7.69. The highest BCUT2D eigenvalue weighted by Crippen LogP contribution is 2.30. The van der Waals surface area contributed by atoms with Crippen LogP contribution in [0.15, 0.2) is 36.4 Å². The van der Waals surface area contributed by atoms with Gasteiger partial charge >= 0.3 is 5.97 Å². The number of esters is 1. The first-order valence-corrected chi connectivity index (χ1v) is 7.69. The molecule has 136 valence electrons. The SMILES string of the molecule is COc1ccccc1C(=O)OCC(=O)Nc1c([N+](=O)[O-])ccc(C)c1C. The Bertz CT molecular complexity index is 863. The Morgan fingerprint density at radius 1 is 1.15 bits per heavy atom. The number of ether oxygens (including phenoxy) is 2. The Morgan fingerprint density at radius 2 is 1.85 bits per heavy atom. The van der Waals surface area contributed by atoms with E-state index < -0.39 is 23.4 Å². The number of nitrogens with one attached hydrogen (secondary N) is 1. The lowest BCUT2D eigenvalue weighted by Crippen LogP contribution is -2.22. The summed E-state index contributed by atoms with van der Waals surface area (Å²) in [5.74, 6) is -1.08. The molecule has 26 heavy (non-hydrogen) atoms. The molecule has 0 aromatic heterocycles. The Kier molecular flexibility index (Phi) is 5.90. The van der Waals surface area contributed by atoms with Crippen molar-refractivity contribution >= 4 is 23.3 Å². The molecule has 0 saturated carbocycles. The largest absolute Gasteiger partial charge is 0.496 e. The summed E-state index contributed by atoms with van der Waals surface area (Å²) < 4.78 is 10.0. The van der Waals surface area contributed by atoms with Gasteiger partial charge in [0.15, 0.2) is 6.61 Å². The van der Waals surface area contributed by atoms with E-state index in [-0.39, 0.29) is 16.9 Å². The van der Waals surface area contributed by atoms with E-state index in [1.807, 2.05) is 0 Å². The minimum Gasteiger partial charge on any atom is -0.496 e. The molecule has 2 rings (SSSR count). The fourth-order valence-corrected chi connectivity index (χ4v) is 2.31. The number of nitro benzene ring substituents is 1. The molecule has 0 aliphatic rings. The molecular weight excluding hydrogens is 340 g/mol. The zero-order chi connectivity index (χ0) is 19.3. The molecule has 0 radical (unpaired) electrons. The number of carbonyl (C=O) groups excluding carboxylic acids is 2. The van der Waals surface area contributed by atoms with Crippen molar-refractivity contribution in [2.24, 2.45) is 0 Å². The van der Waals surface area contributed by atoms with Gasteiger partial charge in [-0.1, -0.05) is 18.2 Å². The van der Waals surface area contributed by atoms with Gasteiger partial charge in [0, 0.05) is 6.07 Å². The number of aryl methyl sites for hydroxylation is 1. The number of benzene rings is 2. The molecule has 2 aromatic rings. The summed E-state index contributed by atoms with van der Waals surface area (Å²) in [6, 6.07) is 9.36. The van der Waals surface area contributed by atoms with Crippen molar-refractivity contribution < 1.29 is 24.0 Å². The van der Waals surface area contributed by atoms with E-state index in [2.05, 4.69) is 5.32 Å². The van der Waals surface area contributed by atoms with Crippen LogP contribution in [0.2, 0.25) is 0 Å². The fourth-order valence-electron chi connectivity index (χ4n) is 2.31. The number of rotatable bonds is 6. The summed E-state index contributed by atoms with van der Waals surface area (Å²) in [5, 5.41) is 13.6. The Hall–Kier alpha value is -3.42. The van der Waals surface area contributed by atoms with Gasteiger partial charge in [0.1, 0.15) is 17.0 Å². The van der Waals surface area contributed by atoms with Gasteiger partial charge in [-0.15, -0.1) is 0 Å². The van der Waals surface area contributed by atoms with E-state index in [0.717, 1.165) is 5.56 Å². The predicted molar refractivity (Wildman–Crippen MR) is 94.5 cm³/mol. The number of para-hydroxylation sites is 1. The van der Waals surface area contributed by atoms with Crippen molar-refractivity contribution in [2.45, 2.75) is 13.8 Å². The summed E-state index contributed by atoms with van der Waals surface area (Å²) in [6.07, 6.45) is 0. The van der Waals surface area contributed by atoms with Crippen LogP contribution in [-0.4, -0.2) is 30.5 Å². The molecule has 2 aromatic carbocycles. The third-order valence-corrected chi connectivity index (χ3v) is 3.84. The van der Waals surface area contributed by atoms with E-state index in [1.54, 1.807) is 38.1 Å². The van der Waals surface area contributed by atoms with Gasteiger partial charge in [0.05, 0.1) is 12.0 Å². The average molecular weight is 358 g/mol. The second-order valence-electron chi connectivity index (χ2n) is 5.48. The third-order valence-electron chi connectivity index (χ3n) is 3.84. The highest BCUT2D eigenvalue weighted by molar-refractivity contribution is 5.98. The van der Waals surface area contributed by atoms with E-state index in [1.165, 1.54) is 19.2 Å². The van der Waals surface area contributed by atoms with Crippen molar-refractivity contribution in [1.82, 2.24) is 0 Å². The normalized spacial score (nSPS) is 10.1. The van der Waals surface area contributed by atoms with Crippen LogP contribution in [0.4, 0.5) is 11.4 Å². The molecule has 0 heterocycles. The molecule has 0 saturated heterocycles. The number of amides is 1. The van der Waals surface area contributed by atoms with Crippen molar-refractivity contribution in [1.29, 1.82) is 0 Å². The fraction of sp³-hybridized carbons (Fsp3) is 0.222. The van der Waals surface area contributed by atoms with Crippen LogP contribution in [-0.2, 0) is 9.53 Å². The van der Waals surface area contributed by atoms with Gasteiger partial charge in [-0.05, 0) is 37.1 Å². The van der Waals surface area contributed by atoms with Gasteiger partial charge in [0.25, 0.3) is 11.6 Å². The van der Waals surface area contributed by atoms with Gasteiger partial charge in [-0.2, -0.15) is 0 Å². The first kappa shape index (κ1) is 18.9. The van der Waals surface area contributed by atoms with Gasteiger partial charge < -0.3 is 14.8 Å². The van der Waals surface area contributed by atoms with Gasteiger partial charge in [-0.25, -0.2) is 4.79 Å². The summed E-state index contributed by atoms with van der Waals surface area (Å²) >= 11 is 0. The minimum absolute atomic E-state index is 0.0911. The molecule has 0 aliphatic heterocycles. The molecular formula is C18H18N2O6. The second-order valence-corrected chi connectivity index (χ2v) is 5.48. The molecule has 0 aliphatic carbocycles. The van der Waals surface area contributed by atoms with E-state index in [4.69, 9.17) is 9.47 Å². The first-order chi connectivity index (χ1) is 12.3. The number of anilines is 1. The lowest BCUT2D eigenvalue weighted by molar-refractivity contribution is -0.384. The van der Waals surface area contributed by atoms with Crippen LogP contribution in [0.1, 0.15) is 21.5 Å². The number of carbonyl (C=O) groups is 2. The summed E-state index contributed by atoms with van der Waals surface area (Å²) in [6.45, 7) is 2.86. The number of nitro groups is 1. The maximum Gasteiger partial charge on any atom is 0.342 e. The summed E-state index contributed by atoms with van der Waals surface area (Å²) in [7, 11) is 1.42. The maximum absolute atomic E-state index is 12.1. The van der Waals surface area contributed by atoms with Crippen molar-refractivity contribution in [2.75, 3.05) is 19.0 Å². The zero-order valence-electron chi connectivity index (χ0n) is 14.6. The highest BCUT2D eigenvalue weighted by Gasteiger charge is 2.20. The predicted octanol–water partition coefficient (Wildman–Crippen LogP) is 3.02. The number of nitrogens with zero attached hydrogens (tertiary/aromatic N) is 1. The number of hydrogen-bond acceptors (Lipinski definition) is 6. The highest BCUT2D eigenvalue weighted by atomic mass is 16.6. The summed E-state index contributed by atoms with van der Waals surface area (Å²) in [4.78, 5) is 34.7. The molecule has 0 spiro atoms. The van der Waals surface area contributed by atoms with Crippen LogP contribution >= 0.6 is 0 Å². The number of methoxy groups -OCH3 is 1. The molecule has 1 N–H and O–H groups in total. The van der Waals surface area contributed by atoms with Crippen molar-refractivity contribution in [3.63, 3.8) is 0 Å². The standard InChI is InChI=1S/C18H18N2O6/c1-11-8-9-14(20(23)24)17(12(11)2)19-16(21)10-26-18(22)13-6-4-5-7-15(13)25-3/h4-9H,10H2,1-3H3,(H,19,21). The topological polar surface area (TPSA) is 108 Å². The molecule has 0 fully saturated rings. The lowest BCUT2D eigenvalue weighted by Gasteiger charge is -2.12. The Morgan fingerprint density at radius 3 is 2.50 bits per heavy atom. The molecule has 8 heteroatoms. The van der Waals surface area contributed by atoms with Crippen molar-refractivity contribution in [3.8, 4) is 5.75 Å². The van der Waals surface area contributed by atoms with E-state index >= 15 is 0 Å². The molecule has 0 bridgehead atoms. The Balaban J connectivity index is 2.09. The molecule has 8 nitrogen and oxygen atoms in total. The van der Waals surface area contributed by atoms with Gasteiger partial charge in [0.2, 0.25) is 0 Å². The zero-order valence-corrected chi connectivity index (χ0v) is 14.6. The van der Waals surface area contributed by atoms with Crippen LogP contribution in [0.5, 0.6) is 5.75 Å². The van der Waals surface area contributed by atoms with Crippen LogP contribution in [0.25, 0.3) is 0 Å². The third kappa shape index (κ3) is 4.15. The van der Waals surface area contributed by atoms with Crippen molar-refractivity contribution in [3.05, 3.63) is 63.2 Å². The van der Waals surface area contributed by atoms with Crippen LogP contribution < -0.4 is 10.1 Å². The second kappa shape index (κ2) is 8.11. The van der Waals surface area contributed by atoms with Gasteiger partial charge in [-0.3, -0.25) is 14.9 Å². The minimum atomic E-state index is -0.729. The molecule has 0 unspecified atom stereocenters. The smallest absolute Gasteiger partial charge is 0.342 e. The average Bonchev–Trinajstić information content (AvgIpc) is 2.63. The monoisotopic (exact) mass is 358 g/mol. The van der Waals surface area contributed by atoms with E-state index in [0.29, 0.717) is 11.3 Å². The quantitative estimate of drug-likeness (QED) is 0.483. The van der Waals surface area contributed by atoms with E-state index in [9.17, 15) is 19.7 Å². The number of hydrogen-bond donors (Lipinski definition) is 1. The molecule has 1 amide bonds.